The average molecular weight is 444 g/mol. The third-order valence-electron chi connectivity index (χ3n) is 5.43. The highest BCUT2D eigenvalue weighted by Gasteiger charge is 2.21. The molecule has 1 unspecified atom stereocenters. The van der Waals surface area contributed by atoms with Crippen molar-refractivity contribution in [3.63, 3.8) is 0 Å². The maximum absolute atomic E-state index is 11.1. The van der Waals surface area contributed by atoms with Gasteiger partial charge in [-0.2, -0.15) is 0 Å². The molecular formula is C29H33NO3. The van der Waals surface area contributed by atoms with E-state index in [2.05, 4.69) is 64.0 Å². The highest BCUT2D eigenvalue weighted by Crippen LogP contribution is 2.39. The lowest BCUT2D eigenvalue weighted by molar-refractivity contribution is 0.0697. The summed E-state index contributed by atoms with van der Waals surface area (Å²) in [6.07, 6.45) is 3.65. The van der Waals surface area contributed by atoms with Crippen LogP contribution in [0.5, 0.6) is 0 Å². The summed E-state index contributed by atoms with van der Waals surface area (Å²) < 4.78 is 0. The van der Waals surface area contributed by atoms with E-state index in [0.29, 0.717) is 0 Å². The van der Waals surface area contributed by atoms with Crippen LogP contribution in [0.1, 0.15) is 53.9 Å². The molecule has 1 atom stereocenters. The first-order valence-electron chi connectivity index (χ1n) is 11.1. The van der Waals surface area contributed by atoms with E-state index in [9.17, 15) is 9.90 Å². The number of aliphatic hydroxyl groups is 1. The molecule has 4 heteroatoms. The molecule has 0 aliphatic rings. The van der Waals surface area contributed by atoms with Crippen LogP contribution in [-0.4, -0.2) is 30.3 Å². The molecule has 0 aliphatic heterocycles. The van der Waals surface area contributed by atoms with Crippen molar-refractivity contribution in [1.82, 2.24) is 0 Å². The van der Waals surface area contributed by atoms with Gasteiger partial charge in [0.05, 0.1) is 11.7 Å². The summed E-state index contributed by atoms with van der Waals surface area (Å²) in [5.74, 6) is -0.952. The fourth-order valence-electron chi connectivity index (χ4n) is 4.01. The maximum atomic E-state index is 11.1. The minimum absolute atomic E-state index is 0.0873. The first-order chi connectivity index (χ1) is 15.5. The Hall–Kier alpha value is -3.37. The summed E-state index contributed by atoms with van der Waals surface area (Å²) in [6.45, 7) is 6.66. The van der Waals surface area contributed by atoms with Crippen molar-refractivity contribution < 1.29 is 15.0 Å². The Morgan fingerprint density at radius 3 is 2.18 bits per heavy atom. The third-order valence-corrected chi connectivity index (χ3v) is 5.43. The van der Waals surface area contributed by atoms with E-state index in [1.54, 1.807) is 30.3 Å². The van der Waals surface area contributed by atoms with Crippen molar-refractivity contribution in [3.8, 4) is 11.1 Å². The van der Waals surface area contributed by atoms with Gasteiger partial charge < -0.3 is 15.1 Å². The number of benzene rings is 3. The first kappa shape index (κ1) is 24.3. The summed E-state index contributed by atoms with van der Waals surface area (Å²) >= 11 is 0. The number of carbonyl (C=O) groups is 1. The smallest absolute Gasteiger partial charge is 0.335 e. The van der Waals surface area contributed by atoms with Gasteiger partial charge in [0.1, 0.15) is 0 Å². The van der Waals surface area contributed by atoms with Gasteiger partial charge in [-0.15, -0.1) is 0 Å². The Morgan fingerprint density at radius 1 is 1.00 bits per heavy atom. The predicted octanol–water partition coefficient (Wildman–Crippen LogP) is 6.45. The molecule has 33 heavy (non-hydrogen) atoms. The number of nitrogens with zero attached hydrogens (tertiary/aromatic N) is 1. The molecule has 3 aromatic rings. The Morgan fingerprint density at radius 2 is 1.64 bits per heavy atom. The van der Waals surface area contributed by atoms with Crippen LogP contribution in [0, 0.1) is 5.41 Å². The number of carboxylic acids is 1. The second-order valence-corrected chi connectivity index (χ2v) is 9.81. The van der Waals surface area contributed by atoms with Crippen LogP contribution < -0.4 is 4.90 Å². The quantitative estimate of drug-likeness (QED) is 0.440. The van der Waals surface area contributed by atoms with Crippen molar-refractivity contribution in [2.24, 2.45) is 5.41 Å². The van der Waals surface area contributed by atoms with E-state index in [1.165, 1.54) is 11.3 Å². The Labute approximate surface area is 196 Å². The minimum Gasteiger partial charge on any atom is -0.478 e. The molecular weight excluding hydrogens is 410 g/mol. The molecule has 0 bridgehead atoms. The van der Waals surface area contributed by atoms with Crippen LogP contribution >= 0.6 is 0 Å². The van der Waals surface area contributed by atoms with E-state index in [-0.39, 0.29) is 11.0 Å². The zero-order chi connectivity index (χ0) is 24.2. The number of rotatable bonds is 7. The summed E-state index contributed by atoms with van der Waals surface area (Å²) in [7, 11) is 4.12. The second-order valence-electron chi connectivity index (χ2n) is 9.81. The van der Waals surface area contributed by atoms with Crippen LogP contribution in [0.4, 0.5) is 5.69 Å². The van der Waals surface area contributed by atoms with Gasteiger partial charge in [0.15, 0.2) is 0 Å². The van der Waals surface area contributed by atoms with Gasteiger partial charge in [0, 0.05) is 25.3 Å². The SMILES string of the molecule is CN(C)c1c(CC(C)(C)C)cc(C(O)C=Cc2ccc(C(=O)O)cc2)cc1-c1ccccc1. The fourth-order valence-corrected chi connectivity index (χ4v) is 4.01. The number of aromatic carboxylic acids is 1. The van der Waals surface area contributed by atoms with Gasteiger partial charge in [0.25, 0.3) is 0 Å². The molecule has 4 nitrogen and oxygen atoms in total. The van der Waals surface area contributed by atoms with E-state index >= 15 is 0 Å². The monoisotopic (exact) mass is 443 g/mol. The molecule has 0 amide bonds. The van der Waals surface area contributed by atoms with Crippen molar-refractivity contribution in [2.75, 3.05) is 19.0 Å². The molecule has 0 spiro atoms. The first-order valence-corrected chi connectivity index (χ1v) is 11.1. The number of aliphatic hydroxyl groups excluding tert-OH is 1. The highest BCUT2D eigenvalue weighted by molar-refractivity contribution is 5.87. The highest BCUT2D eigenvalue weighted by atomic mass is 16.4. The predicted molar refractivity (Wildman–Crippen MR) is 137 cm³/mol. The van der Waals surface area contributed by atoms with Gasteiger partial charge in [-0.05, 0) is 52.3 Å². The van der Waals surface area contributed by atoms with E-state index in [1.807, 2.05) is 24.3 Å². The van der Waals surface area contributed by atoms with Crippen LogP contribution in [0.25, 0.3) is 17.2 Å². The van der Waals surface area contributed by atoms with Gasteiger partial charge in [-0.25, -0.2) is 4.79 Å². The van der Waals surface area contributed by atoms with Crippen molar-refractivity contribution >= 4 is 17.7 Å². The Balaban J connectivity index is 2.04. The lowest BCUT2D eigenvalue weighted by atomic mass is 9.84. The normalized spacial score (nSPS) is 12.7. The number of hydrogen-bond acceptors (Lipinski definition) is 3. The van der Waals surface area contributed by atoms with Gasteiger partial charge in [0.2, 0.25) is 0 Å². The molecule has 0 aliphatic carbocycles. The van der Waals surface area contributed by atoms with Crippen molar-refractivity contribution in [2.45, 2.75) is 33.3 Å². The molecule has 0 heterocycles. The van der Waals surface area contributed by atoms with E-state index in [4.69, 9.17) is 5.11 Å². The van der Waals surface area contributed by atoms with E-state index in [0.717, 1.165) is 28.7 Å². The Kier molecular flexibility index (Phi) is 7.39. The molecule has 172 valence electrons. The lowest BCUT2D eigenvalue weighted by Crippen LogP contribution is -2.17. The van der Waals surface area contributed by atoms with Crippen LogP contribution in [0.15, 0.2) is 72.8 Å². The van der Waals surface area contributed by atoms with Crippen molar-refractivity contribution in [3.05, 3.63) is 95.1 Å². The standard InChI is InChI=1S/C29H33NO3/c1-29(2,3)19-24-17-23(18-25(27(24)30(4)5)21-9-7-6-8-10-21)26(31)16-13-20-11-14-22(15-12-20)28(32)33/h6-18,26,31H,19H2,1-5H3,(H,32,33). The molecule has 0 saturated carbocycles. The van der Waals surface area contributed by atoms with Crippen molar-refractivity contribution in [1.29, 1.82) is 0 Å². The molecule has 2 N–H and O–H groups in total. The zero-order valence-electron chi connectivity index (χ0n) is 20.0. The van der Waals surface area contributed by atoms with Crippen LogP contribution in [0.2, 0.25) is 0 Å². The largest absolute Gasteiger partial charge is 0.478 e. The molecule has 0 radical (unpaired) electrons. The molecule has 0 aromatic heterocycles. The third kappa shape index (κ3) is 6.33. The summed E-state index contributed by atoms with van der Waals surface area (Å²) in [4.78, 5) is 13.2. The van der Waals surface area contributed by atoms with Crippen LogP contribution in [0.3, 0.4) is 0 Å². The van der Waals surface area contributed by atoms with Gasteiger partial charge in [-0.1, -0.05) is 81.5 Å². The molecule has 3 aromatic carbocycles. The second kappa shape index (κ2) is 10.1. The number of carboxylic acid groups (broad SMARTS) is 1. The number of anilines is 1. The average Bonchev–Trinajstić information content (AvgIpc) is 2.76. The Bertz CT molecular complexity index is 1120. The summed E-state index contributed by atoms with van der Waals surface area (Å²) in [6, 6.07) is 21.0. The van der Waals surface area contributed by atoms with E-state index < -0.39 is 12.1 Å². The zero-order valence-corrected chi connectivity index (χ0v) is 20.0. The minimum atomic E-state index is -0.952. The number of hydrogen-bond donors (Lipinski definition) is 2. The lowest BCUT2D eigenvalue weighted by Gasteiger charge is -2.28. The topological polar surface area (TPSA) is 60.8 Å². The summed E-state index contributed by atoms with van der Waals surface area (Å²) in [5.41, 5.74) is 6.56. The van der Waals surface area contributed by atoms with Gasteiger partial charge >= 0.3 is 5.97 Å². The molecule has 0 fully saturated rings. The molecule has 3 rings (SSSR count). The maximum Gasteiger partial charge on any atom is 0.335 e. The molecule has 0 saturated heterocycles. The summed E-state index contributed by atoms with van der Waals surface area (Å²) in [5, 5.41) is 20.1. The van der Waals surface area contributed by atoms with Gasteiger partial charge in [-0.3, -0.25) is 0 Å². The fraction of sp³-hybridized carbons (Fsp3) is 0.276. The van der Waals surface area contributed by atoms with Crippen LogP contribution in [-0.2, 0) is 6.42 Å².